The molecular formula is C18H21N3O2. The van der Waals surface area contributed by atoms with Gasteiger partial charge in [-0.1, -0.05) is 18.2 Å². The van der Waals surface area contributed by atoms with Crippen molar-refractivity contribution in [3.05, 3.63) is 53.0 Å². The fourth-order valence-electron chi connectivity index (χ4n) is 2.89. The summed E-state index contributed by atoms with van der Waals surface area (Å²) in [5, 5.41) is 8.44. The van der Waals surface area contributed by atoms with E-state index in [0.29, 0.717) is 5.56 Å². The summed E-state index contributed by atoms with van der Waals surface area (Å²) in [6.45, 7) is 8.46. The van der Waals surface area contributed by atoms with Crippen molar-refractivity contribution in [3.63, 3.8) is 0 Å². The van der Waals surface area contributed by atoms with Gasteiger partial charge in [-0.15, -0.1) is 0 Å². The van der Waals surface area contributed by atoms with Gasteiger partial charge in [-0.25, -0.2) is 0 Å². The number of fused-ring (bicyclic) bond motifs is 1. The lowest BCUT2D eigenvalue weighted by molar-refractivity contribution is 0.0934. The molecule has 5 nitrogen and oxygen atoms in total. The molecule has 0 unspecified atom stereocenters. The molecule has 0 spiro atoms. The van der Waals surface area contributed by atoms with Crippen LogP contribution < -0.4 is 5.32 Å². The zero-order valence-electron chi connectivity index (χ0n) is 13.9. The number of nitrogens with zero attached hydrogens (tertiary/aromatic N) is 2. The van der Waals surface area contributed by atoms with Gasteiger partial charge >= 0.3 is 0 Å². The molecule has 0 bridgehead atoms. The first kappa shape index (κ1) is 15.3. The quantitative estimate of drug-likeness (QED) is 0.798. The van der Waals surface area contributed by atoms with Crippen LogP contribution in [0.15, 0.2) is 34.7 Å². The molecule has 1 N–H and O–H groups in total. The number of carbonyl (C=O) groups is 1. The number of hydrogen-bond donors (Lipinski definition) is 1. The van der Waals surface area contributed by atoms with Gasteiger partial charge < -0.3 is 9.73 Å². The van der Waals surface area contributed by atoms with Crippen LogP contribution >= 0.6 is 0 Å². The number of amides is 1. The monoisotopic (exact) mass is 311 g/mol. The zero-order valence-corrected chi connectivity index (χ0v) is 13.9. The Morgan fingerprint density at radius 3 is 2.74 bits per heavy atom. The highest BCUT2D eigenvalue weighted by Crippen LogP contribution is 2.24. The Balaban J connectivity index is 1.83. The highest BCUT2D eigenvalue weighted by atomic mass is 16.3. The summed E-state index contributed by atoms with van der Waals surface area (Å²) in [5.41, 5.74) is 3.11. The van der Waals surface area contributed by atoms with Gasteiger partial charge in [0.25, 0.3) is 5.91 Å². The van der Waals surface area contributed by atoms with Crippen molar-refractivity contribution in [1.29, 1.82) is 0 Å². The molecule has 0 fully saturated rings. The lowest BCUT2D eigenvalue weighted by atomic mass is 10.1. The van der Waals surface area contributed by atoms with Crippen molar-refractivity contribution in [2.24, 2.45) is 0 Å². The maximum atomic E-state index is 12.6. The second kappa shape index (κ2) is 5.91. The molecule has 1 amide bonds. The molecule has 5 heteroatoms. The Hall–Kier alpha value is -2.56. The number of hydrogen-bond acceptors (Lipinski definition) is 3. The Morgan fingerprint density at radius 1 is 1.35 bits per heavy atom. The van der Waals surface area contributed by atoms with Crippen LogP contribution in [0, 0.1) is 13.8 Å². The first-order chi connectivity index (χ1) is 11.0. The standard InChI is InChI=1S/C18H21N3O2/c1-5-21-13(4)17(12(3)20-21)18(22)19-11(2)16-10-14-8-6-7-9-15(14)23-16/h6-11H,5H2,1-4H3,(H,19,22)/t11-/m1/s1. The minimum absolute atomic E-state index is 0.118. The van der Waals surface area contributed by atoms with Gasteiger partial charge in [-0.2, -0.15) is 5.10 Å². The molecule has 1 atom stereocenters. The highest BCUT2D eigenvalue weighted by molar-refractivity contribution is 5.96. The minimum atomic E-state index is -0.210. The second-order valence-electron chi connectivity index (χ2n) is 5.74. The van der Waals surface area contributed by atoms with E-state index in [-0.39, 0.29) is 11.9 Å². The summed E-state index contributed by atoms with van der Waals surface area (Å²) in [7, 11) is 0. The summed E-state index contributed by atoms with van der Waals surface area (Å²) < 4.78 is 7.66. The summed E-state index contributed by atoms with van der Waals surface area (Å²) >= 11 is 0. The molecule has 0 saturated carbocycles. The lowest BCUT2D eigenvalue weighted by Crippen LogP contribution is -2.27. The van der Waals surface area contributed by atoms with Crippen molar-refractivity contribution >= 4 is 16.9 Å². The van der Waals surface area contributed by atoms with Gasteiger partial charge in [-0.3, -0.25) is 9.48 Å². The average Bonchev–Trinajstić information content (AvgIpc) is 3.08. The van der Waals surface area contributed by atoms with Gasteiger partial charge in [0.2, 0.25) is 0 Å². The predicted molar refractivity (Wildman–Crippen MR) is 89.5 cm³/mol. The third-order valence-corrected chi connectivity index (χ3v) is 4.13. The van der Waals surface area contributed by atoms with E-state index in [9.17, 15) is 4.79 Å². The van der Waals surface area contributed by atoms with Gasteiger partial charge in [0.1, 0.15) is 11.3 Å². The molecule has 0 saturated heterocycles. The van der Waals surface area contributed by atoms with Crippen LogP contribution in [0.2, 0.25) is 0 Å². The molecule has 1 aromatic carbocycles. The van der Waals surface area contributed by atoms with Crippen LogP contribution in [0.25, 0.3) is 11.0 Å². The number of carbonyl (C=O) groups excluding carboxylic acids is 1. The molecule has 2 aromatic heterocycles. The largest absolute Gasteiger partial charge is 0.459 e. The van der Waals surface area contributed by atoms with E-state index < -0.39 is 0 Å². The summed E-state index contributed by atoms with van der Waals surface area (Å²) in [6.07, 6.45) is 0. The molecule has 3 rings (SSSR count). The number of aromatic nitrogens is 2. The van der Waals surface area contributed by atoms with E-state index in [2.05, 4.69) is 10.4 Å². The summed E-state index contributed by atoms with van der Waals surface area (Å²) in [6, 6.07) is 9.58. The number of aryl methyl sites for hydroxylation is 2. The van der Waals surface area contributed by atoms with Crippen molar-refractivity contribution in [3.8, 4) is 0 Å². The Labute approximate surface area is 135 Å². The Kier molecular flexibility index (Phi) is 3.94. The number of benzene rings is 1. The fourth-order valence-corrected chi connectivity index (χ4v) is 2.89. The zero-order chi connectivity index (χ0) is 16.6. The average molecular weight is 311 g/mol. The molecule has 0 aliphatic rings. The fraction of sp³-hybridized carbons (Fsp3) is 0.333. The Morgan fingerprint density at radius 2 is 2.09 bits per heavy atom. The van der Waals surface area contributed by atoms with Crippen LogP contribution in [0.3, 0.4) is 0 Å². The number of nitrogens with one attached hydrogen (secondary N) is 1. The van der Waals surface area contributed by atoms with Crippen LogP contribution in [0.5, 0.6) is 0 Å². The smallest absolute Gasteiger partial charge is 0.255 e. The maximum Gasteiger partial charge on any atom is 0.255 e. The summed E-state index contributed by atoms with van der Waals surface area (Å²) in [5.74, 6) is 0.630. The normalized spacial score (nSPS) is 12.5. The van der Waals surface area contributed by atoms with Gasteiger partial charge in [-0.05, 0) is 39.8 Å². The van der Waals surface area contributed by atoms with Crippen molar-refractivity contribution in [2.45, 2.75) is 40.3 Å². The van der Waals surface area contributed by atoms with E-state index in [4.69, 9.17) is 4.42 Å². The van der Waals surface area contributed by atoms with Crippen molar-refractivity contribution in [1.82, 2.24) is 15.1 Å². The maximum absolute atomic E-state index is 12.6. The van der Waals surface area contributed by atoms with Crippen LogP contribution in [-0.4, -0.2) is 15.7 Å². The molecule has 0 aliphatic heterocycles. The van der Waals surface area contributed by atoms with E-state index >= 15 is 0 Å². The van der Waals surface area contributed by atoms with E-state index in [1.165, 1.54) is 0 Å². The molecule has 23 heavy (non-hydrogen) atoms. The molecule has 2 heterocycles. The third-order valence-electron chi connectivity index (χ3n) is 4.13. The van der Waals surface area contributed by atoms with Crippen molar-refractivity contribution in [2.75, 3.05) is 0 Å². The van der Waals surface area contributed by atoms with Gasteiger partial charge in [0, 0.05) is 17.6 Å². The minimum Gasteiger partial charge on any atom is -0.459 e. The topological polar surface area (TPSA) is 60.1 Å². The predicted octanol–water partition coefficient (Wildman–Crippen LogP) is 3.76. The van der Waals surface area contributed by atoms with Crippen LogP contribution in [-0.2, 0) is 6.54 Å². The number of furan rings is 1. The SMILES string of the molecule is CCn1nc(C)c(C(=O)N[C@H](C)c2cc3ccccc3o2)c1C. The lowest BCUT2D eigenvalue weighted by Gasteiger charge is -2.11. The van der Waals surface area contributed by atoms with E-state index in [1.807, 2.05) is 62.7 Å². The molecular weight excluding hydrogens is 290 g/mol. The first-order valence-corrected chi connectivity index (χ1v) is 7.84. The molecule has 3 aromatic rings. The molecule has 120 valence electrons. The Bertz CT molecular complexity index is 827. The van der Waals surface area contributed by atoms with Crippen LogP contribution in [0.4, 0.5) is 0 Å². The summed E-state index contributed by atoms with van der Waals surface area (Å²) in [4.78, 5) is 12.6. The highest BCUT2D eigenvalue weighted by Gasteiger charge is 2.21. The van der Waals surface area contributed by atoms with Gasteiger partial charge in [0.15, 0.2) is 0 Å². The second-order valence-corrected chi connectivity index (χ2v) is 5.74. The third kappa shape index (κ3) is 2.74. The number of para-hydroxylation sites is 1. The molecule has 0 radical (unpaired) electrons. The first-order valence-electron chi connectivity index (χ1n) is 7.84. The van der Waals surface area contributed by atoms with Gasteiger partial charge in [0.05, 0.1) is 17.3 Å². The van der Waals surface area contributed by atoms with Crippen molar-refractivity contribution < 1.29 is 9.21 Å². The number of rotatable bonds is 4. The molecule has 0 aliphatic carbocycles. The van der Waals surface area contributed by atoms with E-state index in [1.54, 1.807) is 0 Å². The van der Waals surface area contributed by atoms with Crippen LogP contribution in [0.1, 0.15) is 47.4 Å². The van der Waals surface area contributed by atoms with E-state index in [0.717, 1.165) is 34.7 Å².